The molecule has 10 heteroatoms. The van der Waals surface area contributed by atoms with Gasteiger partial charge < -0.3 is 11.5 Å². The van der Waals surface area contributed by atoms with Crippen molar-refractivity contribution in [1.29, 1.82) is 0 Å². The van der Waals surface area contributed by atoms with Crippen LogP contribution in [0.2, 0.25) is 0 Å². The van der Waals surface area contributed by atoms with Gasteiger partial charge in [0.2, 0.25) is 11.8 Å². The van der Waals surface area contributed by atoms with Gasteiger partial charge in [-0.25, -0.2) is 4.90 Å². The van der Waals surface area contributed by atoms with Gasteiger partial charge in [0.15, 0.2) is 0 Å². The van der Waals surface area contributed by atoms with E-state index in [0.29, 0.717) is 10.7 Å². The van der Waals surface area contributed by atoms with Gasteiger partial charge in [-0.1, -0.05) is 0 Å². The first-order chi connectivity index (χ1) is 10.0. The van der Waals surface area contributed by atoms with Crippen LogP contribution in [0.1, 0.15) is 34.6 Å². The van der Waals surface area contributed by atoms with Gasteiger partial charge in [-0.15, -0.1) is 0 Å². The number of nitrogens with two attached hydrogens (primary N) is 2. The fourth-order valence-electron chi connectivity index (χ4n) is 1.82. The number of carbonyl (C=O) groups excluding carboxylic acids is 4. The summed E-state index contributed by atoms with van der Waals surface area (Å²) in [5.41, 5.74) is 11.0. The first-order valence-corrected chi connectivity index (χ1v) is 8.87. The van der Waals surface area contributed by atoms with Gasteiger partial charge in [-0.2, -0.15) is 0 Å². The van der Waals surface area contributed by atoms with Crippen LogP contribution in [0.25, 0.3) is 0 Å². The summed E-state index contributed by atoms with van der Waals surface area (Å²) in [5, 5.41) is 0. The normalized spacial score (nSPS) is 10.2. The summed E-state index contributed by atoms with van der Waals surface area (Å²) in [4.78, 5) is 47.9. The molecule has 1 aromatic rings. The Morgan fingerprint density at radius 3 is 1.32 bits per heavy atom. The van der Waals surface area contributed by atoms with E-state index in [9.17, 15) is 19.2 Å². The second-order valence-corrected chi connectivity index (χ2v) is 7.38. The summed E-state index contributed by atoms with van der Waals surface area (Å²) >= 11 is 5.44. The van der Waals surface area contributed by atoms with E-state index in [0.717, 1.165) is 4.90 Å². The Labute approximate surface area is 166 Å². The van der Waals surface area contributed by atoms with E-state index in [2.05, 4.69) is 0 Å². The minimum absolute atomic E-state index is 0.0536. The molecule has 22 heavy (non-hydrogen) atoms. The predicted molar refractivity (Wildman–Crippen MR) is 105 cm³/mol. The molecular weight excluding hydrogens is 631 g/mol. The molecule has 0 spiro atoms. The van der Waals surface area contributed by atoms with Crippen molar-refractivity contribution >= 4 is 97.1 Å². The highest BCUT2D eigenvalue weighted by atomic mass is 127. The average molecular weight is 641 g/mol. The molecule has 0 aliphatic heterocycles. The molecule has 118 valence electrons. The summed E-state index contributed by atoms with van der Waals surface area (Å²) in [6, 6.07) is 0. The molecule has 4 amide bonds. The number of anilines is 1. The zero-order valence-electron chi connectivity index (χ0n) is 11.4. The quantitative estimate of drug-likeness (QED) is 0.488. The van der Waals surface area contributed by atoms with Gasteiger partial charge in [-0.3, -0.25) is 19.2 Å². The van der Waals surface area contributed by atoms with Crippen molar-refractivity contribution < 1.29 is 19.2 Å². The molecule has 0 bridgehead atoms. The van der Waals surface area contributed by atoms with Crippen molar-refractivity contribution in [2.45, 2.75) is 13.8 Å². The van der Waals surface area contributed by atoms with Gasteiger partial charge in [0, 0.05) is 17.4 Å². The third-order valence-electron chi connectivity index (χ3n) is 2.64. The molecule has 0 aliphatic rings. The number of benzene rings is 1. The van der Waals surface area contributed by atoms with Gasteiger partial charge >= 0.3 is 0 Å². The van der Waals surface area contributed by atoms with Crippen molar-refractivity contribution in [1.82, 2.24) is 0 Å². The fraction of sp³-hybridized carbons (Fsp3) is 0.167. The Bertz CT molecular complexity index is 663. The molecule has 1 aromatic carbocycles. The summed E-state index contributed by atoms with van der Waals surface area (Å²) in [6.07, 6.45) is 0. The van der Waals surface area contributed by atoms with Crippen LogP contribution in [0.15, 0.2) is 0 Å². The largest absolute Gasteiger partial charge is 0.366 e. The summed E-state index contributed by atoms with van der Waals surface area (Å²) in [5.74, 6) is -2.65. The van der Waals surface area contributed by atoms with E-state index in [1.54, 1.807) is 22.6 Å². The second kappa shape index (κ2) is 7.37. The summed E-state index contributed by atoms with van der Waals surface area (Å²) in [7, 11) is 0. The van der Waals surface area contributed by atoms with E-state index in [1.165, 1.54) is 13.8 Å². The highest BCUT2D eigenvalue weighted by molar-refractivity contribution is 14.1. The molecule has 0 atom stereocenters. The third-order valence-corrected chi connectivity index (χ3v) is 5.82. The maximum Gasteiger partial charge on any atom is 0.250 e. The Balaban J connectivity index is 4.01. The Hall–Kier alpha value is -0.510. The predicted octanol–water partition coefficient (Wildman–Crippen LogP) is 1.60. The number of carbonyl (C=O) groups is 4. The number of hydrogen-bond donors (Lipinski definition) is 2. The van der Waals surface area contributed by atoms with Gasteiger partial charge in [0.25, 0.3) is 11.8 Å². The standard InChI is InChI=1S/C12H10I3N3O4/c1-3(19)18(4(2)20)10-8(14)5(11(16)21)7(13)6(9(10)15)12(17)22/h1-2H3,(H2,16,21)(H2,17,22). The van der Waals surface area contributed by atoms with Crippen molar-refractivity contribution in [3.05, 3.63) is 21.8 Å². The minimum Gasteiger partial charge on any atom is -0.366 e. The van der Waals surface area contributed by atoms with Gasteiger partial charge in [-0.05, 0) is 67.8 Å². The number of primary amides is 2. The lowest BCUT2D eigenvalue weighted by Crippen LogP contribution is -2.36. The van der Waals surface area contributed by atoms with Gasteiger partial charge in [0.1, 0.15) is 0 Å². The molecule has 4 N–H and O–H groups in total. The van der Waals surface area contributed by atoms with Crippen molar-refractivity contribution in [3.8, 4) is 0 Å². The van der Waals surface area contributed by atoms with E-state index in [4.69, 9.17) is 11.5 Å². The first-order valence-electron chi connectivity index (χ1n) is 5.63. The third kappa shape index (κ3) is 3.52. The number of imide groups is 1. The van der Waals surface area contributed by atoms with Crippen LogP contribution in [-0.2, 0) is 9.59 Å². The number of halogens is 3. The molecule has 0 aromatic heterocycles. The monoisotopic (exact) mass is 641 g/mol. The minimum atomic E-state index is -0.777. The molecule has 0 heterocycles. The number of amides is 4. The van der Waals surface area contributed by atoms with Crippen LogP contribution >= 0.6 is 67.8 Å². The maximum atomic E-state index is 11.8. The average Bonchev–Trinajstić information content (AvgIpc) is 2.31. The zero-order valence-corrected chi connectivity index (χ0v) is 17.8. The number of nitrogens with zero attached hydrogens (tertiary/aromatic N) is 1. The molecule has 7 nitrogen and oxygen atoms in total. The van der Waals surface area contributed by atoms with Crippen LogP contribution in [0.3, 0.4) is 0 Å². The number of rotatable bonds is 3. The Kier molecular flexibility index (Phi) is 6.55. The van der Waals surface area contributed by atoms with E-state index >= 15 is 0 Å². The Morgan fingerprint density at radius 1 is 0.773 bits per heavy atom. The first kappa shape index (κ1) is 19.5. The second-order valence-electron chi connectivity index (χ2n) is 4.14. The van der Waals surface area contributed by atoms with Crippen molar-refractivity contribution in [3.63, 3.8) is 0 Å². The van der Waals surface area contributed by atoms with Gasteiger partial charge in [0.05, 0.1) is 24.0 Å². The molecular formula is C12H10I3N3O4. The van der Waals surface area contributed by atoms with Crippen LogP contribution in [0.4, 0.5) is 5.69 Å². The Morgan fingerprint density at radius 2 is 1.09 bits per heavy atom. The lowest BCUT2D eigenvalue weighted by Gasteiger charge is -2.24. The van der Waals surface area contributed by atoms with Crippen LogP contribution in [0.5, 0.6) is 0 Å². The van der Waals surface area contributed by atoms with Crippen molar-refractivity contribution in [2.75, 3.05) is 4.90 Å². The lowest BCUT2D eigenvalue weighted by molar-refractivity contribution is -0.124. The van der Waals surface area contributed by atoms with Crippen molar-refractivity contribution in [2.24, 2.45) is 11.5 Å². The molecule has 0 aliphatic carbocycles. The highest BCUT2D eigenvalue weighted by Crippen LogP contribution is 2.37. The molecule has 0 radical (unpaired) electrons. The molecule has 0 saturated heterocycles. The SMILES string of the molecule is CC(=O)N(C(C)=O)c1c(I)c(C(N)=O)c(I)c(C(N)=O)c1I. The van der Waals surface area contributed by atoms with Crippen LogP contribution in [0, 0.1) is 10.7 Å². The fourth-order valence-corrected chi connectivity index (χ4v) is 6.53. The summed E-state index contributed by atoms with van der Waals surface area (Å²) < 4.78 is 0.922. The van der Waals surface area contributed by atoms with Crippen LogP contribution < -0.4 is 16.4 Å². The molecule has 1 rings (SSSR count). The van der Waals surface area contributed by atoms with E-state index in [-0.39, 0.29) is 16.8 Å². The smallest absolute Gasteiger partial charge is 0.250 e. The highest BCUT2D eigenvalue weighted by Gasteiger charge is 2.31. The topological polar surface area (TPSA) is 124 Å². The lowest BCUT2D eigenvalue weighted by atomic mass is 10.1. The number of hydrogen-bond acceptors (Lipinski definition) is 4. The van der Waals surface area contributed by atoms with E-state index < -0.39 is 23.6 Å². The maximum absolute atomic E-state index is 11.8. The summed E-state index contributed by atoms with van der Waals surface area (Å²) in [6.45, 7) is 2.42. The molecule has 0 fully saturated rings. The zero-order chi connectivity index (χ0) is 17.4. The van der Waals surface area contributed by atoms with E-state index in [1.807, 2.05) is 45.2 Å². The van der Waals surface area contributed by atoms with Crippen LogP contribution in [-0.4, -0.2) is 23.6 Å². The molecule has 0 unspecified atom stereocenters. The molecule has 0 saturated carbocycles.